The average Bonchev–Trinajstić information content (AvgIpc) is 2.89. The summed E-state index contributed by atoms with van der Waals surface area (Å²) in [4.78, 5) is 21.9. The highest BCUT2D eigenvalue weighted by Gasteiger charge is 2.12. The molecule has 1 amide bonds. The number of amides is 1. The molecule has 0 aromatic carbocycles. The summed E-state index contributed by atoms with van der Waals surface area (Å²) in [6, 6.07) is 0. The molecule has 5 nitrogen and oxygen atoms in total. The van der Waals surface area contributed by atoms with Crippen molar-refractivity contribution in [2.45, 2.75) is 170 Å². The molecule has 4 N–H and O–H groups in total. The number of unbranched alkanes of at least 4 members (excludes halogenated alkanes) is 14. The van der Waals surface area contributed by atoms with Crippen molar-refractivity contribution >= 4 is 11.9 Å². The number of carboxylic acid groups (broad SMARTS) is 1. The molecule has 0 atom stereocenters. The number of nitrogens with two attached hydrogens (primary N) is 1. The van der Waals surface area contributed by atoms with Gasteiger partial charge in [-0.1, -0.05) is 131 Å². The maximum Gasteiger partial charge on any atom is 0.306 e. The first-order chi connectivity index (χ1) is 17.9. The summed E-state index contributed by atoms with van der Waals surface area (Å²) >= 11 is 0. The van der Waals surface area contributed by atoms with Gasteiger partial charge in [-0.15, -0.1) is 0 Å². The monoisotopic (exact) mass is 529 g/mol. The van der Waals surface area contributed by atoms with E-state index < -0.39 is 5.97 Å². The molecule has 0 aliphatic heterocycles. The van der Waals surface area contributed by atoms with Crippen molar-refractivity contribution in [3.8, 4) is 0 Å². The SMILES string of the molecule is CCC(CC)C(=O)O.CCCCCCCCCCN.CCCCCCCCCCNC(=O)C(CC)CC. The van der Waals surface area contributed by atoms with Gasteiger partial charge in [-0.3, -0.25) is 9.59 Å². The summed E-state index contributed by atoms with van der Waals surface area (Å²) in [5.41, 5.74) is 5.39. The van der Waals surface area contributed by atoms with E-state index in [2.05, 4.69) is 33.0 Å². The Bertz CT molecular complexity index is 441. The zero-order valence-electron chi connectivity index (χ0n) is 26.1. The van der Waals surface area contributed by atoms with Crippen molar-refractivity contribution in [2.24, 2.45) is 17.6 Å². The third-order valence-corrected chi connectivity index (χ3v) is 7.08. The molecular weight excluding hydrogens is 460 g/mol. The minimum Gasteiger partial charge on any atom is -0.481 e. The lowest BCUT2D eigenvalue weighted by Gasteiger charge is -2.12. The number of rotatable bonds is 23. The number of carbonyl (C=O) groups is 2. The van der Waals surface area contributed by atoms with E-state index in [1.807, 2.05) is 13.8 Å². The summed E-state index contributed by atoms with van der Waals surface area (Å²) in [6.45, 7) is 14.2. The van der Waals surface area contributed by atoms with Gasteiger partial charge in [-0.25, -0.2) is 0 Å². The van der Waals surface area contributed by atoms with E-state index in [1.165, 1.54) is 96.3 Å². The Hall–Kier alpha value is -1.10. The van der Waals surface area contributed by atoms with Crippen LogP contribution in [0.5, 0.6) is 0 Å². The van der Waals surface area contributed by atoms with Crippen LogP contribution in [0.15, 0.2) is 0 Å². The van der Waals surface area contributed by atoms with Crippen LogP contribution in [-0.4, -0.2) is 30.1 Å². The van der Waals surface area contributed by atoms with Crippen molar-refractivity contribution in [3.63, 3.8) is 0 Å². The van der Waals surface area contributed by atoms with E-state index in [0.717, 1.165) is 45.2 Å². The van der Waals surface area contributed by atoms with Crippen LogP contribution in [-0.2, 0) is 9.59 Å². The average molecular weight is 529 g/mol. The molecular formula is C32H68N2O3. The van der Waals surface area contributed by atoms with Crippen LogP contribution in [0.3, 0.4) is 0 Å². The van der Waals surface area contributed by atoms with Gasteiger partial charge < -0.3 is 16.2 Å². The second-order valence-corrected chi connectivity index (χ2v) is 10.4. The maximum absolute atomic E-state index is 11.7. The standard InChI is InChI=1S/C16H33NO.C10H23N.C6H12O2/c1-4-7-8-9-10-11-12-13-14-17-16(18)15(5-2)6-3;1-2-3-4-5-6-7-8-9-10-11;1-3-5(4-2)6(7)8/h15H,4-14H2,1-3H3,(H,17,18);2-11H2,1H3;5H,3-4H2,1-2H3,(H,7,8). The third-order valence-electron chi connectivity index (χ3n) is 7.08. The second kappa shape index (κ2) is 34.9. The minimum absolute atomic E-state index is 0.130. The number of hydrogen-bond donors (Lipinski definition) is 3. The Balaban J connectivity index is -0.000000517. The van der Waals surface area contributed by atoms with Gasteiger partial charge in [0.15, 0.2) is 0 Å². The normalized spacial score (nSPS) is 10.5. The molecule has 224 valence electrons. The molecule has 0 aliphatic rings. The molecule has 0 spiro atoms. The fourth-order valence-electron chi connectivity index (χ4n) is 4.19. The molecule has 0 fully saturated rings. The van der Waals surface area contributed by atoms with Crippen LogP contribution >= 0.6 is 0 Å². The Morgan fingerprint density at radius 3 is 1.22 bits per heavy atom. The number of hydrogen-bond acceptors (Lipinski definition) is 3. The summed E-state index contributed by atoms with van der Waals surface area (Å²) in [7, 11) is 0. The van der Waals surface area contributed by atoms with Crippen LogP contribution < -0.4 is 11.1 Å². The van der Waals surface area contributed by atoms with Crippen LogP contribution in [0, 0.1) is 11.8 Å². The lowest BCUT2D eigenvalue weighted by molar-refractivity contribution is -0.141. The Kier molecular flexibility index (Phi) is 38.1. The highest BCUT2D eigenvalue weighted by atomic mass is 16.4. The largest absolute Gasteiger partial charge is 0.481 e. The van der Waals surface area contributed by atoms with Gasteiger partial charge in [-0.05, 0) is 45.1 Å². The van der Waals surface area contributed by atoms with Crippen LogP contribution in [0.1, 0.15) is 170 Å². The number of aliphatic carboxylic acids is 1. The maximum atomic E-state index is 11.7. The van der Waals surface area contributed by atoms with Crippen LogP contribution in [0.4, 0.5) is 0 Å². The van der Waals surface area contributed by atoms with E-state index >= 15 is 0 Å². The third kappa shape index (κ3) is 32.9. The Morgan fingerprint density at radius 1 is 0.568 bits per heavy atom. The first-order valence-electron chi connectivity index (χ1n) is 16.1. The fraction of sp³-hybridized carbons (Fsp3) is 0.938. The van der Waals surface area contributed by atoms with E-state index in [-0.39, 0.29) is 17.7 Å². The van der Waals surface area contributed by atoms with E-state index in [4.69, 9.17) is 10.8 Å². The number of carbonyl (C=O) groups excluding carboxylic acids is 1. The zero-order chi connectivity index (χ0) is 28.6. The van der Waals surface area contributed by atoms with Crippen molar-refractivity contribution in [1.29, 1.82) is 0 Å². The van der Waals surface area contributed by atoms with Gasteiger partial charge in [0.1, 0.15) is 0 Å². The quantitative estimate of drug-likeness (QED) is 0.115. The van der Waals surface area contributed by atoms with Gasteiger partial charge in [0.05, 0.1) is 5.92 Å². The van der Waals surface area contributed by atoms with E-state index in [1.54, 1.807) is 0 Å². The molecule has 0 saturated heterocycles. The lowest BCUT2D eigenvalue weighted by Crippen LogP contribution is -2.30. The van der Waals surface area contributed by atoms with Crippen LogP contribution in [0.2, 0.25) is 0 Å². The molecule has 0 saturated carbocycles. The summed E-state index contributed by atoms with van der Waals surface area (Å²) in [6.07, 6.45) is 24.9. The van der Waals surface area contributed by atoms with Crippen LogP contribution in [0.25, 0.3) is 0 Å². The van der Waals surface area contributed by atoms with E-state index in [9.17, 15) is 9.59 Å². The Morgan fingerprint density at radius 2 is 0.919 bits per heavy atom. The highest BCUT2D eigenvalue weighted by molar-refractivity contribution is 5.78. The van der Waals surface area contributed by atoms with Gasteiger partial charge >= 0.3 is 5.97 Å². The topological polar surface area (TPSA) is 92.4 Å². The fourth-order valence-corrected chi connectivity index (χ4v) is 4.19. The molecule has 0 rings (SSSR count). The highest BCUT2D eigenvalue weighted by Crippen LogP contribution is 2.10. The molecule has 0 aromatic rings. The van der Waals surface area contributed by atoms with Gasteiger partial charge in [0, 0.05) is 12.5 Å². The van der Waals surface area contributed by atoms with Crippen molar-refractivity contribution in [1.82, 2.24) is 5.32 Å². The van der Waals surface area contributed by atoms with Crippen molar-refractivity contribution in [2.75, 3.05) is 13.1 Å². The first kappa shape index (κ1) is 40.4. The number of nitrogens with one attached hydrogen (secondary N) is 1. The predicted octanol–water partition coefficient (Wildman–Crippen LogP) is 9.27. The smallest absolute Gasteiger partial charge is 0.306 e. The molecule has 0 aromatic heterocycles. The van der Waals surface area contributed by atoms with Crippen molar-refractivity contribution < 1.29 is 14.7 Å². The Labute approximate surface area is 232 Å². The molecule has 0 aliphatic carbocycles. The molecule has 0 unspecified atom stereocenters. The van der Waals surface area contributed by atoms with Crippen molar-refractivity contribution in [3.05, 3.63) is 0 Å². The predicted molar refractivity (Wildman–Crippen MR) is 163 cm³/mol. The van der Waals surface area contributed by atoms with Gasteiger partial charge in [0.25, 0.3) is 0 Å². The summed E-state index contributed by atoms with van der Waals surface area (Å²) in [5.74, 6) is -0.327. The lowest BCUT2D eigenvalue weighted by atomic mass is 10.0. The molecule has 0 heterocycles. The summed E-state index contributed by atoms with van der Waals surface area (Å²) < 4.78 is 0. The molecule has 37 heavy (non-hydrogen) atoms. The zero-order valence-corrected chi connectivity index (χ0v) is 26.1. The second-order valence-electron chi connectivity index (χ2n) is 10.4. The molecule has 0 bridgehead atoms. The number of carboxylic acids is 1. The molecule has 5 heteroatoms. The van der Waals surface area contributed by atoms with Gasteiger partial charge in [0.2, 0.25) is 5.91 Å². The first-order valence-corrected chi connectivity index (χ1v) is 16.1. The van der Waals surface area contributed by atoms with E-state index in [0.29, 0.717) is 0 Å². The van der Waals surface area contributed by atoms with Gasteiger partial charge in [-0.2, -0.15) is 0 Å². The minimum atomic E-state index is -0.671. The molecule has 0 radical (unpaired) electrons. The summed E-state index contributed by atoms with van der Waals surface area (Å²) in [5, 5.41) is 11.4.